The minimum Gasteiger partial charge on any atom is -0.497 e. The number of methoxy groups -OCH3 is 1. The number of nitrogens with zero attached hydrogens (tertiary/aromatic N) is 2. The Morgan fingerprint density at radius 3 is 2.62 bits per heavy atom. The summed E-state index contributed by atoms with van der Waals surface area (Å²) >= 11 is 0. The predicted octanol–water partition coefficient (Wildman–Crippen LogP) is 3.86. The highest BCUT2D eigenvalue weighted by Gasteiger charge is 2.17. The summed E-state index contributed by atoms with van der Waals surface area (Å²) in [6, 6.07) is 15.1. The smallest absolute Gasteiger partial charge is 0.356 e. The van der Waals surface area contributed by atoms with Gasteiger partial charge in [0, 0.05) is 11.6 Å². The molecule has 0 aliphatic carbocycles. The summed E-state index contributed by atoms with van der Waals surface area (Å²) in [5.41, 5.74) is 4.61. The Labute approximate surface area is 140 Å². The lowest BCUT2D eigenvalue weighted by atomic mass is 10.0. The number of hydrogen-bond acceptors (Lipinski definition) is 3. The van der Waals surface area contributed by atoms with E-state index in [2.05, 4.69) is 5.10 Å². The zero-order chi connectivity index (χ0) is 17.3. The van der Waals surface area contributed by atoms with Gasteiger partial charge in [0.1, 0.15) is 5.75 Å². The Morgan fingerprint density at radius 1 is 1.12 bits per heavy atom. The van der Waals surface area contributed by atoms with Crippen LogP contribution < -0.4 is 4.74 Å². The lowest BCUT2D eigenvalue weighted by Gasteiger charge is -2.11. The van der Waals surface area contributed by atoms with E-state index in [1.807, 2.05) is 56.3 Å². The van der Waals surface area contributed by atoms with Crippen molar-refractivity contribution in [1.29, 1.82) is 0 Å². The Morgan fingerprint density at radius 2 is 1.92 bits per heavy atom. The second kappa shape index (κ2) is 6.20. The highest BCUT2D eigenvalue weighted by atomic mass is 16.5. The number of benzene rings is 2. The quantitative estimate of drug-likeness (QED) is 0.792. The number of aryl methyl sites for hydroxylation is 2. The normalized spacial score (nSPS) is 10.6. The molecule has 0 saturated carbocycles. The minimum absolute atomic E-state index is 0.00808. The summed E-state index contributed by atoms with van der Waals surface area (Å²) in [6.45, 7) is 4.01. The fourth-order valence-corrected chi connectivity index (χ4v) is 2.63. The molecule has 3 rings (SSSR count). The highest BCUT2D eigenvalue weighted by Crippen LogP contribution is 2.29. The van der Waals surface area contributed by atoms with Crippen LogP contribution in [0, 0.1) is 13.8 Å². The molecule has 0 atom stereocenters. The highest BCUT2D eigenvalue weighted by molar-refractivity contribution is 5.87. The number of rotatable bonds is 4. The molecule has 0 bridgehead atoms. The molecule has 0 fully saturated rings. The molecule has 5 nitrogen and oxygen atoms in total. The van der Waals surface area contributed by atoms with Gasteiger partial charge >= 0.3 is 5.97 Å². The summed E-state index contributed by atoms with van der Waals surface area (Å²) in [5.74, 6) is -0.366. The van der Waals surface area contributed by atoms with E-state index in [-0.39, 0.29) is 5.69 Å². The summed E-state index contributed by atoms with van der Waals surface area (Å²) in [7, 11) is 1.59. The Hall–Kier alpha value is -3.08. The van der Waals surface area contributed by atoms with E-state index >= 15 is 0 Å². The van der Waals surface area contributed by atoms with Crippen LogP contribution in [-0.2, 0) is 0 Å². The topological polar surface area (TPSA) is 64.4 Å². The molecular weight excluding hydrogens is 304 g/mol. The van der Waals surface area contributed by atoms with E-state index in [0.29, 0.717) is 5.75 Å². The van der Waals surface area contributed by atoms with Crippen molar-refractivity contribution in [3.8, 4) is 22.7 Å². The van der Waals surface area contributed by atoms with Gasteiger partial charge in [-0.25, -0.2) is 9.48 Å². The molecule has 1 heterocycles. The van der Waals surface area contributed by atoms with Gasteiger partial charge in [-0.05, 0) is 43.7 Å². The van der Waals surface area contributed by atoms with Crippen molar-refractivity contribution in [2.45, 2.75) is 13.8 Å². The zero-order valence-electron chi connectivity index (χ0n) is 13.8. The summed E-state index contributed by atoms with van der Waals surface area (Å²) in [6.07, 6.45) is 0. The molecule has 0 aliphatic rings. The van der Waals surface area contributed by atoms with E-state index in [0.717, 1.165) is 28.1 Å². The molecule has 0 spiro atoms. The van der Waals surface area contributed by atoms with Gasteiger partial charge in [-0.15, -0.1) is 0 Å². The van der Waals surface area contributed by atoms with Crippen LogP contribution in [0.4, 0.5) is 0 Å². The summed E-state index contributed by atoms with van der Waals surface area (Å²) in [4.78, 5) is 11.4. The maximum Gasteiger partial charge on any atom is 0.356 e. The van der Waals surface area contributed by atoms with Gasteiger partial charge in [0.25, 0.3) is 0 Å². The lowest BCUT2D eigenvalue weighted by Crippen LogP contribution is -2.03. The Bertz CT molecular complexity index is 913. The monoisotopic (exact) mass is 322 g/mol. The maximum absolute atomic E-state index is 11.4. The zero-order valence-corrected chi connectivity index (χ0v) is 13.8. The van der Waals surface area contributed by atoms with Gasteiger partial charge in [0.2, 0.25) is 0 Å². The number of aromatic nitrogens is 2. The van der Waals surface area contributed by atoms with E-state index in [4.69, 9.17) is 4.74 Å². The number of carbonyl (C=O) groups is 1. The van der Waals surface area contributed by atoms with Gasteiger partial charge in [-0.2, -0.15) is 5.10 Å². The molecular formula is C19H18N2O3. The molecule has 1 aromatic heterocycles. The largest absolute Gasteiger partial charge is 0.497 e. The van der Waals surface area contributed by atoms with Crippen LogP contribution >= 0.6 is 0 Å². The average Bonchev–Trinajstić information content (AvgIpc) is 3.02. The maximum atomic E-state index is 11.4. The number of carboxylic acid groups (broad SMARTS) is 1. The van der Waals surface area contributed by atoms with Crippen molar-refractivity contribution < 1.29 is 14.6 Å². The van der Waals surface area contributed by atoms with Crippen molar-refractivity contribution in [3.05, 3.63) is 65.4 Å². The molecule has 3 aromatic rings. The van der Waals surface area contributed by atoms with Gasteiger partial charge in [0.15, 0.2) is 5.69 Å². The van der Waals surface area contributed by atoms with Crippen molar-refractivity contribution >= 4 is 5.97 Å². The number of hydrogen-bond donors (Lipinski definition) is 1. The third kappa shape index (κ3) is 2.88. The van der Waals surface area contributed by atoms with E-state index in [1.54, 1.807) is 17.9 Å². The van der Waals surface area contributed by atoms with E-state index in [1.165, 1.54) is 0 Å². The molecule has 2 aromatic carbocycles. The standard InChI is InChI=1S/C19H18N2O3/c1-12-7-8-13(2)16(9-12)18-11-17(19(22)23)20-21(18)14-5-4-6-15(10-14)24-3/h4-11H,1-3H3,(H,22,23). The SMILES string of the molecule is COc1cccc(-n2nc(C(=O)O)cc2-c2cc(C)ccc2C)c1. The van der Waals surface area contributed by atoms with Crippen molar-refractivity contribution in [2.24, 2.45) is 0 Å². The number of carboxylic acids is 1. The second-order valence-corrected chi connectivity index (χ2v) is 5.65. The van der Waals surface area contributed by atoms with Gasteiger partial charge in [-0.1, -0.05) is 23.8 Å². The Balaban J connectivity index is 2.25. The fourth-order valence-electron chi connectivity index (χ4n) is 2.63. The molecule has 24 heavy (non-hydrogen) atoms. The van der Waals surface area contributed by atoms with Crippen LogP contribution in [-0.4, -0.2) is 28.0 Å². The van der Waals surface area contributed by atoms with Crippen molar-refractivity contribution in [1.82, 2.24) is 9.78 Å². The van der Waals surface area contributed by atoms with E-state index in [9.17, 15) is 9.90 Å². The molecule has 0 amide bonds. The third-order valence-electron chi connectivity index (χ3n) is 3.90. The van der Waals surface area contributed by atoms with Crippen molar-refractivity contribution in [2.75, 3.05) is 7.11 Å². The molecule has 5 heteroatoms. The fraction of sp³-hybridized carbons (Fsp3) is 0.158. The first-order valence-electron chi connectivity index (χ1n) is 7.55. The van der Waals surface area contributed by atoms with Crippen LogP contribution in [0.3, 0.4) is 0 Å². The molecule has 0 unspecified atom stereocenters. The first-order valence-corrected chi connectivity index (χ1v) is 7.55. The first kappa shape index (κ1) is 15.8. The Kier molecular flexibility index (Phi) is 4.08. The van der Waals surface area contributed by atoms with Gasteiger partial charge < -0.3 is 9.84 Å². The van der Waals surface area contributed by atoms with Gasteiger partial charge in [-0.3, -0.25) is 0 Å². The van der Waals surface area contributed by atoms with Crippen LogP contribution in [0.1, 0.15) is 21.6 Å². The third-order valence-corrected chi connectivity index (χ3v) is 3.90. The second-order valence-electron chi connectivity index (χ2n) is 5.65. The van der Waals surface area contributed by atoms with Crippen LogP contribution in [0.25, 0.3) is 16.9 Å². The number of aromatic carboxylic acids is 1. The lowest BCUT2D eigenvalue weighted by molar-refractivity contribution is 0.0690. The van der Waals surface area contributed by atoms with E-state index < -0.39 is 5.97 Å². The molecule has 1 N–H and O–H groups in total. The summed E-state index contributed by atoms with van der Waals surface area (Å²) in [5, 5.41) is 13.6. The van der Waals surface area contributed by atoms with Crippen LogP contribution in [0.5, 0.6) is 5.75 Å². The molecule has 0 aliphatic heterocycles. The minimum atomic E-state index is -1.05. The molecule has 0 saturated heterocycles. The predicted molar refractivity (Wildman–Crippen MR) is 92.0 cm³/mol. The van der Waals surface area contributed by atoms with Crippen LogP contribution in [0.15, 0.2) is 48.5 Å². The average molecular weight is 322 g/mol. The molecule has 0 radical (unpaired) electrons. The van der Waals surface area contributed by atoms with Gasteiger partial charge in [0.05, 0.1) is 18.5 Å². The molecule has 122 valence electrons. The summed E-state index contributed by atoms with van der Waals surface area (Å²) < 4.78 is 6.91. The number of ether oxygens (including phenoxy) is 1. The van der Waals surface area contributed by atoms with Crippen molar-refractivity contribution in [3.63, 3.8) is 0 Å². The van der Waals surface area contributed by atoms with Crippen LogP contribution in [0.2, 0.25) is 0 Å². The first-order chi connectivity index (χ1) is 11.5.